The molecule has 0 aliphatic rings. The lowest BCUT2D eigenvalue weighted by atomic mass is 10.1. The Bertz CT molecular complexity index is 663. The van der Waals surface area contributed by atoms with Crippen LogP contribution in [0.15, 0.2) is 42.5 Å². The highest BCUT2D eigenvalue weighted by Crippen LogP contribution is 2.21. The van der Waals surface area contributed by atoms with Gasteiger partial charge in [0, 0.05) is 33.4 Å². The van der Waals surface area contributed by atoms with Crippen LogP contribution in [0.25, 0.3) is 0 Å². The number of hydrogen-bond acceptors (Lipinski definition) is 3. The van der Waals surface area contributed by atoms with Crippen LogP contribution in [-0.4, -0.2) is 37.1 Å². The first-order valence-electron chi connectivity index (χ1n) is 7.20. The number of benzene rings is 2. The molecule has 22 heavy (non-hydrogen) atoms. The lowest BCUT2D eigenvalue weighted by Crippen LogP contribution is -2.26. The Morgan fingerprint density at radius 2 is 1.68 bits per heavy atom. The maximum atomic E-state index is 12.4. The van der Waals surface area contributed by atoms with E-state index in [0.29, 0.717) is 12.1 Å². The second-order valence-corrected chi connectivity index (χ2v) is 5.74. The summed E-state index contributed by atoms with van der Waals surface area (Å²) in [6.07, 6.45) is 0. The fraction of sp³-hybridized carbons (Fsp3) is 0.278. The molecule has 0 atom stereocenters. The Kier molecular flexibility index (Phi) is 4.71. The second-order valence-electron chi connectivity index (χ2n) is 5.74. The molecule has 0 fully saturated rings. The van der Waals surface area contributed by atoms with Gasteiger partial charge in [0.15, 0.2) is 0 Å². The van der Waals surface area contributed by atoms with E-state index in [-0.39, 0.29) is 11.7 Å². The van der Waals surface area contributed by atoms with Crippen LogP contribution in [0, 0.1) is 6.92 Å². The smallest absolute Gasteiger partial charge is 0.257 e. The van der Waals surface area contributed by atoms with E-state index in [4.69, 9.17) is 0 Å². The van der Waals surface area contributed by atoms with Crippen molar-refractivity contribution in [2.45, 2.75) is 13.5 Å². The summed E-state index contributed by atoms with van der Waals surface area (Å²) in [6, 6.07) is 13.2. The lowest BCUT2D eigenvalue weighted by molar-refractivity contribution is 0.0782. The molecule has 0 spiro atoms. The SMILES string of the molecule is Cc1ccc(C(=O)N(C)Cc2ccc(N(C)C)cc2)c(O)c1. The molecule has 2 rings (SSSR count). The number of phenols is 1. The molecule has 0 heterocycles. The number of amides is 1. The highest BCUT2D eigenvalue weighted by molar-refractivity contribution is 5.96. The van der Waals surface area contributed by atoms with E-state index in [0.717, 1.165) is 16.8 Å². The zero-order valence-corrected chi connectivity index (χ0v) is 13.5. The molecule has 0 aliphatic heterocycles. The zero-order valence-electron chi connectivity index (χ0n) is 13.5. The number of aryl methyl sites for hydroxylation is 1. The van der Waals surface area contributed by atoms with Crippen molar-refractivity contribution in [3.8, 4) is 5.75 Å². The van der Waals surface area contributed by atoms with E-state index in [1.807, 2.05) is 56.3 Å². The second kappa shape index (κ2) is 6.52. The van der Waals surface area contributed by atoms with Gasteiger partial charge in [0.2, 0.25) is 0 Å². The van der Waals surface area contributed by atoms with Gasteiger partial charge in [-0.25, -0.2) is 0 Å². The van der Waals surface area contributed by atoms with Gasteiger partial charge in [-0.2, -0.15) is 0 Å². The Labute approximate surface area is 131 Å². The largest absolute Gasteiger partial charge is 0.507 e. The first-order chi connectivity index (χ1) is 10.4. The number of carbonyl (C=O) groups excluding carboxylic acids is 1. The average molecular weight is 298 g/mol. The summed E-state index contributed by atoms with van der Waals surface area (Å²) in [5, 5.41) is 9.92. The van der Waals surface area contributed by atoms with E-state index in [1.165, 1.54) is 0 Å². The topological polar surface area (TPSA) is 43.8 Å². The third kappa shape index (κ3) is 3.58. The van der Waals surface area contributed by atoms with Crippen LogP contribution >= 0.6 is 0 Å². The van der Waals surface area contributed by atoms with Crippen molar-refractivity contribution >= 4 is 11.6 Å². The fourth-order valence-electron chi connectivity index (χ4n) is 2.27. The maximum absolute atomic E-state index is 12.4. The molecule has 1 N–H and O–H groups in total. The zero-order chi connectivity index (χ0) is 16.3. The molecule has 116 valence electrons. The van der Waals surface area contributed by atoms with Crippen molar-refractivity contribution in [3.05, 3.63) is 59.2 Å². The lowest BCUT2D eigenvalue weighted by Gasteiger charge is -2.19. The van der Waals surface area contributed by atoms with E-state index < -0.39 is 0 Å². The van der Waals surface area contributed by atoms with Crippen molar-refractivity contribution < 1.29 is 9.90 Å². The molecule has 4 nitrogen and oxygen atoms in total. The van der Waals surface area contributed by atoms with Crippen LogP contribution in [0.2, 0.25) is 0 Å². The number of aromatic hydroxyl groups is 1. The number of hydrogen-bond donors (Lipinski definition) is 1. The molecule has 0 saturated heterocycles. The molecule has 0 bridgehead atoms. The minimum atomic E-state index is -0.186. The first kappa shape index (κ1) is 15.9. The minimum Gasteiger partial charge on any atom is -0.507 e. The van der Waals surface area contributed by atoms with Crippen LogP contribution < -0.4 is 4.90 Å². The Balaban J connectivity index is 2.11. The van der Waals surface area contributed by atoms with E-state index in [1.54, 1.807) is 24.1 Å². The van der Waals surface area contributed by atoms with Gasteiger partial charge in [-0.1, -0.05) is 18.2 Å². The van der Waals surface area contributed by atoms with Crippen molar-refractivity contribution in [2.75, 3.05) is 26.0 Å². The van der Waals surface area contributed by atoms with E-state index in [2.05, 4.69) is 0 Å². The quantitative estimate of drug-likeness (QED) is 0.943. The first-order valence-corrected chi connectivity index (χ1v) is 7.20. The molecule has 1 amide bonds. The van der Waals surface area contributed by atoms with Crippen molar-refractivity contribution in [1.29, 1.82) is 0 Å². The maximum Gasteiger partial charge on any atom is 0.257 e. The number of nitrogens with zero attached hydrogens (tertiary/aromatic N) is 2. The molecule has 2 aromatic carbocycles. The molecule has 4 heteroatoms. The molecular weight excluding hydrogens is 276 g/mol. The molecule has 2 aromatic rings. The van der Waals surface area contributed by atoms with Gasteiger partial charge in [-0.05, 0) is 42.3 Å². The summed E-state index contributed by atoms with van der Waals surface area (Å²) in [5.74, 6) is -0.158. The van der Waals surface area contributed by atoms with Gasteiger partial charge in [0.1, 0.15) is 5.75 Å². The number of anilines is 1. The van der Waals surface area contributed by atoms with E-state index >= 15 is 0 Å². The van der Waals surface area contributed by atoms with Crippen molar-refractivity contribution in [3.63, 3.8) is 0 Å². The fourth-order valence-corrected chi connectivity index (χ4v) is 2.27. The molecule has 0 saturated carbocycles. The van der Waals surface area contributed by atoms with E-state index in [9.17, 15) is 9.90 Å². The van der Waals surface area contributed by atoms with Gasteiger partial charge in [-0.3, -0.25) is 4.79 Å². The minimum absolute atomic E-state index is 0.0276. The predicted octanol–water partition coefficient (Wildman–Crippen LogP) is 3.04. The Morgan fingerprint density at radius 3 is 2.23 bits per heavy atom. The number of carbonyl (C=O) groups is 1. The van der Waals surface area contributed by atoms with Crippen LogP contribution in [0.4, 0.5) is 5.69 Å². The van der Waals surface area contributed by atoms with Gasteiger partial charge < -0.3 is 14.9 Å². The van der Waals surface area contributed by atoms with Gasteiger partial charge in [0.25, 0.3) is 5.91 Å². The van der Waals surface area contributed by atoms with Gasteiger partial charge in [-0.15, -0.1) is 0 Å². The average Bonchev–Trinajstić information content (AvgIpc) is 2.47. The molecular formula is C18H22N2O2. The molecule has 0 radical (unpaired) electrons. The normalized spacial score (nSPS) is 10.4. The summed E-state index contributed by atoms with van der Waals surface area (Å²) < 4.78 is 0. The van der Waals surface area contributed by atoms with Gasteiger partial charge >= 0.3 is 0 Å². The Morgan fingerprint density at radius 1 is 1.05 bits per heavy atom. The highest BCUT2D eigenvalue weighted by atomic mass is 16.3. The molecule has 0 aromatic heterocycles. The summed E-state index contributed by atoms with van der Waals surface area (Å²) in [4.78, 5) is 16.1. The van der Waals surface area contributed by atoms with Crippen LogP contribution in [0.1, 0.15) is 21.5 Å². The summed E-state index contributed by atoms with van der Waals surface area (Å²) in [5.41, 5.74) is 3.43. The molecule has 0 unspecified atom stereocenters. The number of phenolic OH excluding ortho intramolecular Hbond substituents is 1. The molecule has 0 aliphatic carbocycles. The van der Waals surface area contributed by atoms with Crippen LogP contribution in [0.5, 0.6) is 5.75 Å². The summed E-state index contributed by atoms with van der Waals surface area (Å²) in [7, 11) is 5.72. The standard InChI is InChI=1S/C18H22N2O2/c1-13-5-10-16(17(21)11-13)18(22)20(4)12-14-6-8-15(9-7-14)19(2)3/h5-11,21H,12H2,1-4H3. The van der Waals surface area contributed by atoms with Crippen LogP contribution in [0.3, 0.4) is 0 Å². The highest BCUT2D eigenvalue weighted by Gasteiger charge is 2.16. The number of rotatable bonds is 4. The summed E-state index contributed by atoms with van der Waals surface area (Å²) in [6.45, 7) is 2.38. The van der Waals surface area contributed by atoms with Crippen LogP contribution in [-0.2, 0) is 6.54 Å². The van der Waals surface area contributed by atoms with Crippen molar-refractivity contribution in [2.24, 2.45) is 0 Å². The summed E-state index contributed by atoms with van der Waals surface area (Å²) >= 11 is 0. The van der Waals surface area contributed by atoms with Gasteiger partial charge in [0.05, 0.1) is 5.56 Å². The Hall–Kier alpha value is -2.49. The predicted molar refractivity (Wildman–Crippen MR) is 89.4 cm³/mol. The third-order valence-electron chi connectivity index (χ3n) is 3.60. The third-order valence-corrected chi connectivity index (χ3v) is 3.60. The van der Waals surface area contributed by atoms with Crippen molar-refractivity contribution in [1.82, 2.24) is 4.90 Å². The monoisotopic (exact) mass is 298 g/mol.